The number of aliphatic hydroxyl groups excluding tert-OH is 1. The van der Waals surface area contributed by atoms with Crippen molar-refractivity contribution in [1.82, 2.24) is 0 Å². The molecule has 7 heteroatoms. The first-order valence-electron chi connectivity index (χ1n) is 12.6. The molecule has 0 spiro atoms. The minimum absolute atomic E-state index is 0.0303. The maximum atomic E-state index is 13.4. The maximum absolute atomic E-state index is 13.4. The predicted molar refractivity (Wildman–Crippen MR) is 140 cm³/mol. The summed E-state index contributed by atoms with van der Waals surface area (Å²) in [5.41, 5.74) is 1.65. The Morgan fingerprint density at radius 3 is 2.41 bits per heavy atom. The Labute approximate surface area is 215 Å². The Kier molecular flexibility index (Phi) is 7.12. The van der Waals surface area contributed by atoms with Crippen LogP contribution in [-0.2, 0) is 9.59 Å². The summed E-state index contributed by atoms with van der Waals surface area (Å²) < 4.78 is 17.1. The van der Waals surface area contributed by atoms with Crippen LogP contribution in [0.25, 0.3) is 5.76 Å². The molecule has 2 aliphatic rings. The van der Waals surface area contributed by atoms with E-state index in [0.29, 0.717) is 53.9 Å². The van der Waals surface area contributed by atoms with E-state index in [2.05, 4.69) is 6.92 Å². The molecule has 1 saturated heterocycles. The largest absolute Gasteiger partial charge is 0.507 e. The molecular formula is C30H29NO6. The number of ether oxygens (including phenoxy) is 3. The molecule has 2 aliphatic heterocycles. The second kappa shape index (κ2) is 10.8. The number of hydrogen-bond acceptors (Lipinski definition) is 6. The molecule has 1 unspecified atom stereocenters. The summed E-state index contributed by atoms with van der Waals surface area (Å²) in [6.45, 7) is 3.60. The van der Waals surface area contributed by atoms with Crippen LogP contribution in [0.1, 0.15) is 43.4 Å². The van der Waals surface area contributed by atoms with Crippen molar-refractivity contribution in [2.24, 2.45) is 0 Å². The fourth-order valence-electron chi connectivity index (χ4n) is 4.64. The number of carbonyl (C=O) groups excluding carboxylic acids is 2. The average Bonchev–Trinajstić information content (AvgIpc) is 3.21. The molecule has 0 radical (unpaired) electrons. The summed E-state index contributed by atoms with van der Waals surface area (Å²) in [4.78, 5) is 28.1. The lowest BCUT2D eigenvalue weighted by Crippen LogP contribution is -2.29. The van der Waals surface area contributed by atoms with Crippen LogP contribution in [0.5, 0.6) is 17.2 Å². The van der Waals surface area contributed by atoms with Crippen LogP contribution in [0.15, 0.2) is 78.4 Å². The first-order chi connectivity index (χ1) is 18.1. The summed E-state index contributed by atoms with van der Waals surface area (Å²) in [7, 11) is 0. The lowest BCUT2D eigenvalue weighted by atomic mass is 9.95. The van der Waals surface area contributed by atoms with Gasteiger partial charge in [0.25, 0.3) is 11.7 Å². The van der Waals surface area contributed by atoms with E-state index in [1.54, 1.807) is 42.5 Å². The van der Waals surface area contributed by atoms with Crippen LogP contribution in [0.4, 0.5) is 5.69 Å². The Balaban J connectivity index is 1.53. The minimum Gasteiger partial charge on any atom is -0.507 e. The Morgan fingerprint density at radius 2 is 1.68 bits per heavy atom. The van der Waals surface area contributed by atoms with Gasteiger partial charge < -0.3 is 19.3 Å². The molecule has 1 amide bonds. The van der Waals surface area contributed by atoms with Gasteiger partial charge >= 0.3 is 0 Å². The highest BCUT2D eigenvalue weighted by molar-refractivity contribution is 6.51. The van der Waals surface area contributed by atoms with Gasteiger partial charge in [-0.1, -0.05) is 50.1 Å². The van der Waals surface area contributed by atoms with Gasteiger partial charge in [0.1, 0.15) is 24.7 Å². The lowest BCUT2D eigenvalue weighted by Gasteiger charge is -2.27. The SMILES string of the molecule is CCCCCOc1ccc(/C(O)=C2\C(=O)C(=O)N(c3ccc4c(c3)OCCO4)C2c2ccccc2)cc1. The number of hydrogen-bond donors (Lipinski definition) is 1. The predicted octanol–water partition coefficient (Wildman–Crippen LogP) is 5.65. The number of fused-ring (bicyclic) bond motifs is 1. The zero-order valence-corrected chi connectivity index (χ0v) is 20.7. The number of Topliss-reactive ketones (excluding diaryl/α,β-unsaturated/α-hetero) is 1. The summed E-state index contributed by atoms with van der Waals surface area (Å²) >= 11 is 0. The monoisotopic (exact) mass is 499 g/mol. The fourth-order valence-corrected chi connectivity index (χ4v) is 4.64. The molecule has 2 heterocycles. The number of carbonyl (C=O) groups is 2. The van der Waals surface area contributed by atoms with Crippen LogP contribution < -0.4 is 19.1 Å². The van der Waals surface area contributed by atoms with Crippen LogP contribution in [-0.4, -0.2) is 36.6 Å². The van der Waals surface area contributed by atoms with Gasteiger partial charge in [0.05, 0.1) is 18.2 Å². The van der Waals surface area contributed by atoms with Crippen molar-refractivity contribution in [2.45, 2.75) is 32.2 Å². The number of unbranched alkanes of at least 4 members (excludes halogenated alkanes) is 2. The Morgan fingerprint density at radius 1 is 0.946 bits per heavy atom. The third kappa shape index (κ3) is 4.89. The molecule has 0 aromatic heterocycles. The van der Waals surface area contributed by atoms with Gasteiger partial charge in [-0.3, -0.25) is 14.5 Å². The van der Waals surface area contributed by atoms with Gasteiger partial charge in [-0.25, -0.2) is 0 Å². The van der Waals surface area contributed by atoms with Gasteiger partial charge in [0.15, 0.2) is 11.5 Å². The van der Waals surface area contributed by atoms with E-state index < -0.39 is 17.7 Å². The van der Waals surface area contributed by atoms with E-state index in [-0.39, 0.29) is 11.3 Å². The van der Waals surface area contributed by atoms with Gasteiger partial charge in [-0.15, -0.1) is 0 Å². The first kappa shape index (κ1) is 24.4. The highest BCUT2D eigenvalue weighted by Crippen LogP contribution is 2.44. The zero-order valence-electron chi connectivity index (χ0n) is 20.7. The molecular weight excluding hydrogens is 470 g/mol. The molecule has 37 heavy (non-hydrogen) atoms. The molecule has 1 atom stereocenters. The molecule has 1 fully saturated rings. The van der Waals surface area contributed by atoms with Crippen molar-refractivity contribution in [3.05, 3.63) is 89.5 Å². The van der Waals surface area contributed by atoms with Crippen LogP contribution in [0.2, 0.25) is 0 Å². The highest BCUT2D eigenvalue weighted by atomic mass is 16.6. The van der Waals surface area contributed by atoms with E-state index in [1.807, 2.05) is 30.3 Å². The summed E-state index contributed by atoms with van der Waals surface area (Å²) in [6.07, 6.45) is 3.18. The highest BCUT2D eigenvalue weighted by Gasteiger charge is 2.47. The van der Waals surface area contributed by atoms with Crippen LogP contribution in [0.3, 0.4) is 0 Å². The van der Waals surface area contributed by atoms with Crippen molar-refractivity contribution in [3.8, 4) is 17.2 Å². The molecule has 3 aromatic rings. The molecule has 5 rings (SSSR count). The quantitative estimate of drug-likeness (QED) is 0.187. The number of nitrogens with zero attached hydrogens (tertiary/aromatic N) is 1. The number of amides is 1. The molecule has 1 N–H and O–H groups in total. The summed E-state index contributed by atoms with van der Waals surface area (Å²) in [5, 5.41) is 11.3. The van der Waals surface area contributed by atoms with Gasteiger partial charge in [0.2, 0.25) is 0 Å². The summed E-state index contributed by atoms with van der Waals surface area (Å²) in [6, 6.07) is 20.5. The number of anilines is 1. The second-order valence-corrected chi connectivity index (χ2v) is 8.99. The number of rotatable bonds is 8. The van der Waals surface area contributed by atoms with Gasteiger partial charge in [0, 0.05) is 17.3 Å². The van der Waals surface area contributed by atoms with E-state index in [0.717, 1.165) is 19.3 Å². The normalized spacial score (nSPS) is 18.2. The third-order valence-electron chi connectivity index (χ3n) is 6.51. The smallest absolute Gasteiger partial charge is 0.300 e. The number of ketones is 1. The van der Waals surface area contributed by atoms with Crippen molar-refractivity contribution in [3.63, 3.8) is 0 Å². The fraction of sp³-hybridized carbons (Fsp3) is 0.267. The zero-order chi connectivity index (χ0) is 25.8. The van der Waals surface area contributed by atoms with E-state index in [1.165, 1.54) is 4.90 Å². The lowest BCUT2D eigenvalue weighted by molar-refractivity contribution is -0.132. The Hall–Kier alpha value is -4.26. The Bertz CT molecular complexity index is 1320. The topological polar surface area (TPSA) is 85.3 Å². The second-order valence-electron chi connectivity index (χ2n) is 8.99. The number of aliphatic hydroxyl groups is 1. The molecule has 0 saturated carbocycles. The molecule has 7 nitrogen and oxygen atoms in total. The molecule has 3 aromatic carbocycles. The van der Waals surface area contributed by atoms with Crippen LogP contribution in [0, 0.1) is 0 Å². The number of benzene rings is 3. The van der Waals surface area contributed by atoms with Crippen LogP contribution >= 0.6 is 0 Å². The van der Waals surface area contributed by atoms with Gasteiger partial charge in [-0.05, 0) is 48.4 Å². The van der Waals surface area contributed by atoms with Crippen molar-refractivity contribution < 1.29 is 28.9 Å². The minimum atomic E-state index is -0.811. The third-order valence-corrected chi connectivity index (χ3v) is 6.51. The molecule has 0 bridgehead atoms. The van der Waals surface area contributed by atoms with E-state index in [4.69, 9.17) is 14.2 Å². The molecule has 0 aliphatic carbocycles. The standard InChI is InChI=1S/C30H29NO6/c1-2-3-7-16-35-23-13-10-21(11-14-23)28(32)26-27(20-8-5-4-6-9-20)31(30(34)29(26)33)22-12-15-24-25(19-22)37-18-17-36-24/h4-6,8-15,19,27,32H,2-3,7,16-18H2,1H3/b28-26+. The van der Waals surface area contributed by atoms with Crippen molar-refractivity contribution in [1.29, 1.82) is 0 Å². The van der Waals surface area contributed by atoms with Crippen molar-refractivity contribution >= 4 is 23.1 Å². The van der Waals surface area contributed by atoms with E-state index in [9.17, 15) is 14.7 Å². The van der Waals surface area contributed by atoms with E-state index >= 15 is 0 Å². The van der Waals surface area contributed by atoms with Gasteiger partial charge in [-0.2, -0.15) is 0 Å². The molecule has 190 valence electrons. The summed E-state index contributed by atoms with van der Waals surface area (Å²) in [5.74, 6) is 0.0738. The maximum Gasteiger partial charge on any atom is 0.300 e. The average molecular weight is 500 g/mol. The van der Waals surface area contributed by atoms with Crippen molar-refractivity contribution in [2.75, 3.05) is 24.7 Å². The first-order valence-corrected chi connectivity index (χ1v) is 12.6.